The molecule has 0 atom stereocenters. The van der Waals surface area contributed by atoms with Gasteiger partial charge in [0.05, 0.1) is 22.3 Å². The molecule has 0 heterocycles. The Bertz CT molecular complexity index is 200. The SMILES string of the molecule is [B]C([B])COC(=O)/C=C/C(=O)O. The van der Waals surface area contributed by atoms with Crippen molar-refractivity contribution in [1.29, 1.82) is 0 Å². The summed E-state index contributed by atoms with van der Waals surface area (Å²) in [6.07, 6.45) is 1.45. The maximum absolute atomic E-state index is 10.6. The van der Waals surface area contributed by atoms with Crippen LogP contribution in [0.15, 0.2) is 12.2 Å². The van der Waals surface area contributed by atoms with E-state index in [1.54, 1.807) is 0 Å². The van der Waals surface area contributed by atoms with Crippen LogP contribution in [0.3, 0.4) is 0 Å². The van der Waals surface area contributed by atoms with Crippen molar-refractivity contribution >= 4 is 27.6 Å². The van der Waals surface area contributed by atoms with Crippen LogP contribution in [0.4, 0.5) is 0 Å². The maximum Gasteiger partial charge on any atom is 0.330 e. The molecule has 0 spiro atoms. The number of carboxylic acid groups (broad SMARTS) is 1. The first-order chi connectivity index (χ1) is 5.52. The van der Waals surface area contributed by atoms with E-state index in [9.17, 15) is 9.59 Å². The summed E-state index contributed by atoms with van der Waals surface area (Å²) in [5.41, 5.74) is -0.743. The quantitative estimate of drug-likeness (QED) is 0.337. The molecule has 0 saturated heterocycles. The average Bonchev–Trinajstić information content (AvgIpc) is 1.96. The van der Waals surface area contributed by atoms with E-state index in [4.69, 9.17) is 20.8 Å². The number of hydrogen-bond donors (Lipinski definition) is 1. The largest absolute Gasteiger partial charge is 0.478 e. The van der Waals surface area contributed by atoms with Gasteiger partial charge in [-0.1, -0.05) is 5.72 Å². The van der Waals surface area contributed by atoms with Crippen LogP contribution < -0.4 is 0 Å². The lowest BCUT2D eigenvalue weighted by Crippen LogP contribution is -2.08. The number of hydrogen-bond acceptors (Lipinski definition) is 3. The minimum atomic E-state index is -1.22. The van der Waals surface area contributed by atoms with Gasteiger partial charge in [0.25, 0.3) is 0 Å². The Morgan fingerprint density at radius 1 is 1.42 bits per heavy atom. The lowest BCUT2D eigenvalue weighted by atomic mass is 9.72. The van der Waals surface area contributed by atoms with E-state index in [-0.39, 0.29) is 6.61 Å². The van der Waals surface area contributed by atoms with Gasteiger partial charge in [0, 0.05) is 12.2 Å². The molecule has 60 valence electrons. The summed E-state index contributed by atoms with van der Waals surface area (Å²) in [5, 5.41) is 8.10. The van der Waals surface area contributed by atoms with Crippen LogP contribution in [0.2, 0.25) is 5.72 Å². The topological polar surface area (TPSA) is 63.6 Å². The van der Waals surface area contributed by atoms with Gasteiger partial charge in [0.1, 0.15) is 0 Å². The first kappa shape index (κ1) is 10.8. The predicted molar refractivity (Wildman–Crippen MR) is 43.0 cm³/mol. The van der Waals surface area contributed by atoms with Crippen LogP contribution in [-0.4, -0.2) is 39.3 Å². The number of rotatable bonds is 4. The van der Waals surface area contributed by atoms with Crippen molar-refractivity contribution in [1.82, 2.24) is 0 Å². The van der Waals surface area contributed by atoms with Crippen LogP contribution in [0.5, 0.6) is 0 Å². The van der Waals surface area contributed by atoms with Gasteiger partial charge >= 0.3 is 11.9 Å². The van der Waals surface area contributed by atoms with Gasteiger partial charge in [0.15, 0.2) is 0 Å². The second kappa shape index (κ2) is 5.46. The van der Waals surface area contributed by atoms with Crippen LogP contribution in [-0.2, 0) is 14.3 Å². The fourth-order valence-electron chi connectivity index (χ4n) is 0.366. The Morgan fingerprint density at radius 3 is 2.42 bits per heavy atom. The summed E-state index contributed by atoms with van der Waals surface area (Å²) in [7, 11) is 10.1. The van der Waals surface area contributed by atoms with Crippen molar-refractivity contribution in [2.45, 2.75) is 5.72 Å². The molecule has 12 heavy (non-hydrogen) atoms. The molecule has 0 aliphatic heterocycles. The Balaban J connectivity index is 3.67. The summed E-state index contributed by atoms with van der Waals surface area (Å²) >= 11 is 0. The van der Waals surface area contributed by atoms with Gasteiger partial charge in [-0.05, 0) is 0 Å². The number of esters is 1. The van der Waals surface area contributed by atoms with Crippen molar-refractivity contribution in [3.63, 3.8) is 0 Å². The molecular formula is C6H6B2O4. The smallest absolute Gasteiger partial charge is 0.330 e. The lowest BCUT2D eigenvalue weighted by Gasteiger charge is -2.03. The van der Waals surface area contributed by atoms with Gasteiger partial charge in [0.2, 0.25) is 0 Å². The number of carbonyl (C=O) groups excluding carboxylic acids is 1. The Morgan fingerprint density at radius 2 is 2.00 bits per heavy atom. The number of aliphatic carboxylic acids is 1. The molecule has 0 aromatic heterocycles. The minimum Gasteiger partial charge on any atom is -0.478 e. The highest BCUT2D eigenvalue weighted by Gasteiger charge is 1.99. The molecule has 0 aromatic carbocycles. The van der Waals surface area contributed by atoms with E-state index in [0.29, 0.717) is 6.08 Å². The van der Waals surface area contributed by atoms with Crippen molar-refractivity contribution in [2.24, 2.45) is 0 Å². The molecule has 0 fully saturated rings. The van der Waals surface area contributed by atoms with Crippen molar-refractivity contribution in [3.05, 3.63) is 12.2 Å². The zero-order chi connectivity index (χ0) is 9.56. The molecule has 4 radical (unpaired) electrons. The lowest BCUT2D eigenvalue weighted by molar-refractivity contribution is -0.138. The van der Waals surface area contributed by atoms with E-state index < -0.39 is 17.7 Å². The fourth-order valence-corrected chi connectivity index (χ4v) is 0.366. The highest BCUT2D eigenvalue weighted by atomic mass is 16.5. The summed E-state index contributed by atoms with van der Waals surface area (Å²) in [4.78, 5) is 20.5. The third-order valence-electron chi connectivity index (χ3n) is 0.780. The van der Waals surface area contributed by atoms with Gasteiger partial charge in [-0.2, -0.15) is 0 Å². The average molecular weight is 164 g/mol. The highest BCUT2D eigenvalue weighted by Crippen LogP contribution is 1.91. The summed E-state index contributed by atoms with van der Waals surface area (Å²) in [5.74, 6) is -2.00. The Kier molecular flexibility index (Phi) is 4.92. The van der Waals surface area contributed by atoms with Crippen LogP contribution >= 0.6 is 0 Å². The summed E-state index contributed by atoms with van der Waals surface area (Å²) in [6.45, 7) is -0.136. The van der Waals surface area contributed by atoms with Gasteiger partial charge in [-0.15, -0.1) is 0 Å². The monoisotopic (exact) mass is 164 g/mol. The van der Waals surface area contributed by atoms with Crippen molar-refractivity contribution in [2.75, 3.05) is 6.61 Å². The molecule has 0 aliphatic rings. The zero-order valence-electron chi connectivity index (χ0n) is 6.27. The second-order valence-electron chi connectivity index (χ2n) is 1.97. The first-order valence-corrected chi connectivity index (χ1v) is 3.11. The molecule has 0 aliphatic carbocycles. The Labute approximate surface area is 72.4 Å². The number of carbonyl (C=O) groups is 2. The molecule has 0 amide bonds. The third kappa shape index (κ3) is 6.92. The predicted octanol–water partition coefficient (Wildman–Crippen LogP) is -0.747. The maximum atomic E-state index is 10.6. The second-order valence-corrected chi connectivity index (χ2v) is 1.97. The van der Waals surface area contributed by atoms with E-state index in [1.807, 2.05) is 0 Å². The van der Waals surface area contributed by atoms with Crippen molar-refractivity contribution < 1.29 is 19.4 Å². The normalized spacial score (nSPS) is 10.4. The third-order valence-corrected chi connectivity index (χ3v) is 0.780. The molecule has 0 aromatic rings. The molecule has 0 saturated carbocycles. The summed E-state index contributed by atoms with van der Waals surface area (Å²) in [6, 6.07) is 0. The molecule has 0 unspecified atom stereocenters. The first-order valence-electron chi connectivity index (χ1n) is 3.11. The number of carboxylic acids is 1. The minimum absolute atomic E-state index is 0.136. The van der Waals surface area contributed by atoms with Crippen LogP contribution in [0.1, 0.15) is 0 Å². The molecular weight excluding hydrogens is 158 g/mol. The van der Waals surface area contributed by atoms with Gasteiger partial charge in [-0.25, -0.2) is 9.59 Å². The molecule has 1 N–H and O–H groups in total. The van der Waals surface area contributed by atoms with Crippen LogP contribution in [0, 0.1) is 0 Å². The van der Waals surface area contributed by atoms with Crippen molar-refractivity contribution in [3.8, 4) is 0 Å². The Hall–Kier alpha value is -1.19. The molecule has 0 bridgehead atoms. The van der Waals surface area contributed by atoms with Gasteiger partial charge < -0.3 is 9.84 Å². The molecule has 4 nitrogen and oxygen atoms in total. The van der Waals surface area contributed by atoms with E-state index in [0.717, 1.165) is 6.08 Å². The number of ether oxygens (including phenoxy) is 1. The van der Waals surface area contributed by atoms with E-state index in [2.05, 4.69) is 4.74 Å². The summed E-state index contributed by atoms with van der Waals surface area (Å²) < 4.78 is 4.41. The zero-order valence-corrected chi connectivity index (χ0v) is 6.27. The van der Waals surface area contributed by atoms with E-state index in [1.165, 1.54) is 0 Å². The van der Waals surface area contributed by atoms with E-state index >= 15 is 0 Å². The standard InChI is InChI=1S/C6H6B2O4/c7-4(8)3-12-6(11)2-1-5(9)10/h1-2,4H,3H2,(H,9,10)/b2-1+. The van der Waals surface area contributed by atoms with Gasteiger partial charge in [-0.3, -0.25) is 0 Å². The molecule has 6 heteroatoms. The molecule has 0 rings (SSSR count). The highest BCUT2D eigenvalue weighted by molar-refractivity contribution is 6.35. The fraction of sp³-hybridized carbons (Fsp3) is 0.333. The van der Waals surface area contributed by atoms with Crippen LogP contribution in [0.25, 0.3) is 0 Å².